The highest BCUT2D eigenvalue weighted by Gasteiger charge is 2.35. The van der Waals surface area contributed by atoms with E-state index in [-0.39, 0.29) is 23.8 Å². The van der Waals surface area contributed by atoms with Crippen molar-refractivity contribution in [1.29, 1.82) is 0 Å². The van der Waals surface area contributed by atoms with Crippen LogP contribution in [0.25, 0.3) is 0 Å². The van der Waals surface area contributed by atoms with E-state index in [4.69, 9.17) is 4.74 Å². The number of aliphatic imine (C=N–C) groups is 1. The van der Waals surface area contributed by atoms with E-state index in [0.29, 0.717) is 0 Å². The van der Waals surface area contributed by atoms with Gasteiger partial charge in [-0.15, -0.1) is 0 Å². The number of nitrogens with zero attached hydrogens (tertiary/aromatic N) is 2. The van der Waals surface area contributed by atoms with Gasteiger partial charge in [0.25, 0.3) is 0 Å². The molecule has 25 heavy (non-hydrogen) atoms. The number of hydrogen-bond donors (Lipinski definition) is 0. The Morgan fingerprint density at radius 1 is 1.24 bits per heavy atom. The molecule has 0 amide bonds. The normalized spacial score (nSPS) is 11.2. The third-order valence-electron chi connectivity index (χ3n) is 2.93. The van der Waals surface area contributed by atoms with Crippen molar-refractivity contribution in [1.82, 2.24) is 0 Å². The molecule has 0 radical (unpaired) electrons. The Morgan fingerprint density at radius 2 is 1.88 bits per heavy atom. The average Bonchev–Trinajstić information content (AvgIpc) is 2.58. The second-order valence-corrected chi connectivity index (χ2v) is 4.92. The van der Waals surface area contributed by atoms with Gasteiger partial charge in [0.1, 0.15) is 19.5 Å². The topological polar surface area (TPSA) is 43.2 Å². The van der Waals surface area contributed by atoms with Gasteiger partial charge < -0.3 is 9.57 Å². The molecule has 0 bridgehead atoms. The fourth-order valence-electron chi connectivity index (χ4n) is 1.78. The molecule has 0 aliphatic carbocycles. The van der Waals surface area contributed by atoms with E-state index in [1.807, 2.05) is 0 Å². The summed E-state index contributed by atoms with van der Waals surface area (Å²) in [5, 5.41) is 3.49. The smallest absolute Gasteiger partial charge is 0.419 e. The van der Waals surface area contributed by atoms with Crippen LogP contribution in [0.15, 0.2) is 41.0 Å². The maximum absolute atomic E-state index is 13.0. The minimum absolute atomic E-state index is 0.0266. The van der Waals surface area contributed by atoms with Gasteiger partial charge in [0.2, 0.25) is 0 Å². The lowest BCUT2D eigenvalue weighted by Crippen LogP contribution is -2.11. The predicted molar refractivity (Wildman–Crippen MR) is 95.4 cm³/mol. The van der Waals surface area contributed by atoms with E-state index >= 15 is 0 Å². The summed E-state index contributed by atoms with van der Waals surface area (Å²) in [6.07, 6.45) is 0.871. The number of benzene rings is 1. The van der Waals surface area contributed by atoms with Crippen molar-refractivity contribution in [3.05, 3.63) is 42.0 Å². The number of halogens is 3. The molecule has 0 aliphatic rings. The molecule has 0 aromatic heterocycles. The molecule has 7 heteroatoms. The van der Waals surface area contributed by atoms with Crippen molar-refractivity contribution in [2.45, 2.75) is 39.3 Å². The second kappa shape index (κ2) is 12.1. The molecular weight excluding hydrogens is 333 g/mol. The summed E-state index contributed by atoms with van der Waals surface area (Å²) in [5.41, 5.74) is -0.801. The maximum Gasteiger partial charge on any atom is 0.419 e. The Hall–Kier alpha value is -2.31. The van der Waals surface area contributed by atoms with Crippen molar-refractivity contribution in [2.75, 3.05) is 13.7 Å². The monoisotopic (exact) mass is 358 g/mol. The molecule has 0 atom stereocenters. The summed E-state index contributed by atoms with van der Waals surface area (Å²) in [4.78, 5) is 8.01. The number of rotatable bonds is 7. The number of hydrogen-bond acceptors (Lipinski definition) is 3. The molecular formula is C18H25F3N2O2. The molecule has 0 saturated heterocycles. The molecule has 0 aliphatic heterocycles. The van der Waals surface area contributed by atoms with Gasteiger partial charge in [-0.2, -0.15) is 13.2 Å². The van der Waals surface area contributed by atoms with Gasteiger partial charge in [-0.25, -0.2) is 4.99 Å². The average molecular weight is 358 g/mol. The van der Waals surface area contributed by atoms with E-state index in [1.165, 1.54) is 44.6 Å². The van der Waals surface area contributed by atoms with E-state index in [1.54, 1.807) is 0 Å². The van der Waals surface area contributed by atoms with Crippen LogP contribution in [0.5, 0.6) is 5.75 Å². The molecule has 140 valence electrons. The molecule has 0 N–H and O–H groups in total. The van der Waals surface area contributed by atoms with Crippen LogP contribution in [0.4, 0.5) is 13.2 Å². The van der Waals surface area contributed by atoms with Gasteiger partial charge >= 0.3 is 6.18 Å². The van der Waals surface area contributed by atoms with Gasteiger partial charge in [0.15, 0.2) is 5.84 Å². The zero-order chi connectivity index (χ0) is 19.3. The molecule has 0 heterocycles. The minimum Gasteiger partial charge on any atom is -0.489 e. The first-order valence-corrected chi connectivity index (χ1v) is 7.88. The highest BCUT2D eigenvalue weighted by atomic mass is 19.4. The number of ether oxygens (including phenoxy) is 1. The largest absolute Gasteiger partial charge is 0.489 e. The first-order chi connectivity index (χ1) is 11.8. The molecule has 0 unspecified atom stereocenters. The van der Waals surface area contributed by atoms with Gasteiger partial charge in [-0.3, -0.25) is 0 Å². The van der Waals surface area contributed by atoms with Gasteiger partial charge in [-0.1, -0.05) is 50.9 Å². The molecule has 0 saturated carbocycles. The van der Waals surface area contributed by atoms with Crippen LogP contribution in [0, 0.1) is 0 Å². The molecule has 0 spiro atoms. The standard InChI is InChI=1S/C13H13F3N2O2.C5H12/c1-4-7-20-11-6-5-9(12(17-2)18-19-3)8-10(11)13(14,15)16;1-3-5-4-2/h4-6,8H,1-2,7H2,3H3;3-5H2,1-2H3/b18-12-;. The van der Waals surface area contributed by atoms with Crippen LogP contribution in [-0.4, -0.2) is 26.3 Å². The predicted octanol–water partition coefficient (Wildman–Crippen LogP) is 5.48. The van der Waals surface area contributed by atoms with E-state index in [0.717, 1.165) is 6.07 Å². The Labute approximate surface area is 147 Å². The Kier molecular flexibility index (Phi) is 11.0. The number of oxime groups is 1. The Balaban J connectivity index is 0.00000101. The molecule has 1 rings (SSSR count). The molecule has 1 aromatic carbocycles. The van der Waals surface area contributed by atoms with Gasteiger partial charge in [0, 0.05) is 5.56 Å². The zero-order valence-electron chi connectivity index (χ0n) is 14.9. The van der Waals surface area contributed by atoms with Crippen molar-refractivity contribution < 1.29 is 22.7 Å². The number of amidine groups is 1. The van der Waals surface area contributed by atoms with E-state index in [2.05, 4.69) is 42.1 Å². The zero-order valence-corrected chi connectivity index (χ0v) is 14.9. The lowest BCUT2D eigenvalue weighted by molar-refractivity contribution is -0.138. The van der Waals surface area contributed by atoms with Crippen LogP contribution in [0.1, 0.15) is 44.2 Å². The fourth-order valence-corrected chi connectivity index (χ4v) is 1.78. The highest BCUT2D eigenvalue weighted by Crippen LogP contribution is 2.37. The van der Waals surface area contributed by atoms with E-state index in [9.17, 15) is 13.2 Å². The number of unbranched alkanes of at least 4 members (excludes halogenated alkanes) is 2. The summed E-state index contributed by atoms with van der Waals surface area (Å²) < 4.78 is 43.9. The molecule has 4 nitrogen and oxygen atoms in total. The van der Waals surface area contributed by atoms with Gasteiger partial charge in [-0.05, 0) is 24.9 Å². The molecule has 0 fully saturated rings. The molecule has 1 aromatic rings. The lowest BCUT2D eigenvalue weighted by atomic mass is 10.1. The Bertz CT molecular complexity index is 568. The third kappa shape index (κ3) is 8.37. The highest BCUT2D eigenvalue weighted by molar-refractivity contribution is 6.01. The van der Waals surface area contributed by atoms with Crippen molar-refractivity contribution in [2.24, 2.45) is 10.1 Å². The Morgan fingerprint density at radius 3 is 2.28 bits per heavy atom. The number of alkyl halides is 3. The van der Waals surface area contributed by atoms with Crippen LogP contribution in [-0.2, 0) is 11.0 Å². The first kappa shape index (κ1) is 22.7. The third-order valence-corrected chi connectivity index (χ3v) is 2.93. The van der Waals surface area contributed by atoms with E-state index < -0.39 is 11.7 Å². The fraction of sp³-hybridized carbons (Fsp3) is 0.444. The maximum atomic E-state index is 13.0. The summed E-state index contributed by atoms with van der Waals surface area (Å²) in [7, 11) is 1.26. The van der Waals surface area contributed by atoms with Crippen molar-refractivity contribution in [3.8, 4) is 5.75 Å². The summed E-state index contributed by atoms with van der Waals surface area (Å²) in [5.74, 6) is -0.338. The van der Waals surface area contributed by atoms with Gasteiger partial charge in [0.05, 0.1) is 5.56 Å². The lowest BCUT2D eigenvalue weighted by Gasteiger charge is -2.14. The summed E-state index contributed by atoms with van der Waals surface area (Å²) >= 11 is 0. The second-order valence-electron chi connectivity index (χ2n) is 4.92. The minimum atomic E-state index is -4.56. The first-order valence-electron chi connectivity index (χ1n) is 7.88. The van der Waals surface area contributed by atoms with Crippen LogP contribution >= 0.6 is 0 Å². The van der Waals surface area contributed by atoms with Crippen LogP contribution < -0.4 is 4.74 Å². The van der Waals surface area contributed by atoms with Crippen molar-refractivity contribution >= 4 is 12.6 Å². The summed E-state index contributed by atoms with van der Waals surface area (Å²) in [6.45, 7) is 11.0. The summed E-state index contributed by atoms with van der Waals surface area (Å²) in [6, 6.07) is 3.46. The van der Waals surface area contributed by atoms with Crippen molar-refractivity contribution in [3.63, 3.8) is 0 Å². The van der Waals surface area contributed by atoms with Crippen LogP contribution in [0.2, 0.25) is 0 Å². The SMILES string of the molecule is C=CCOc1ccc(/C(N=C)=N/OC)cc1C(F)(F)F.CCCCC. The van der Waals surface area contributed by atoms with Crippen LogP contribution in [0.3, 0.4) is 0 Å². The quantitative estimate of drug-likeness (QED) is 0.280.